The summed E-state index contributed by atoms with van der Waals surface area (Å²) < 4.78 is 27.0. The molecule has 0 saturated carbocycles. The van der Waals surface area contributed by atoms with Crippen LogP contribution in [0.5, 0.6) is 0 Å². The minimum Gasteiger partial charge on any atom is -0.399 e. The third-order valence-corrected chi connectivity index (χ3v) is 16.8. The first kappa shape index (κ1) is 47.6. The smallest absolute Gasteiger partial charge is 0.399 e. The van der Waals surface area contributed by atoms with Crippen LogP contribution in [-0.4, -0.2) is 36.6 Å². The van der Waals surface area contributed by atoms with Crippen LogP contribution in [0.15, 0.2) is 48.5 Å². The monoisotopic (exact) mass is 843 g/mol. The number of fused-ring (bicyclic) bond motifs is 6. The van der Waals surface area contributed by atoms with Gasteiger partial charge < -0.3 is 18.6 Å². The molecule has 0 bridgehead atoms. The van der Waals surface area contributed by atoms with E-state index in [0.717, 1.165) is 10.9 Å². The van der Waals surface area contributed by atoms with E-state index in [0.29, 0.717) is 0 Å². The van der Waals surface area contributed by atoms with Gasteiger partial charge in [0, 0.05) is 10.8 Å². The molecule has 7 rings (SSSR count). The molecule has 2 fully saturated rings. The average molecular weight is 843 g/mol. The molecule has 3 aromatic carbocycles. The van der Waals surface area contributed by atoms with Gasteiger partial charge in [0.15, 0.2) is 0 Å². The van der Waals surface area contributed by atoms with Crippen molar-refractivity contribution in [2.45, 2.75) is 245 Å². The number of benzene rings is 3. The van der Waals surface area contributed by atoms with Gasteiger partial charge in [0.05, 0.1) is 22.4 Å². The average Bonchev–Trinajstić information content (AvgIpc) is 3.82. The second-order valence-electron chi connectivity index (χ2n) is 22.1. The maximum Gasteiger partial charge on any atom is 0.494 e. The molecule has 0 aromatic heterocycles. The number of hydrogen-bond acceptors (Lipinski definition) is 4. The van der Waals surface area contributed by atoms with E-state index in [4.69, 9.17) is 18.6 Å². The number of unbranched alkanes of at least 4 members (excludes halogenated alkanes) is 12. The SMILES string of the molecule is CCCCCCC1(CCCCCC)c2cc(B3OC(C)(C)C(C)(C)O3)ccc2-c2cc3c(cc21)-c1ccc(B2OC(C)(C)C(C)(C)O2)cc1C3(CCCCCC)CCCCCC. The van der Waals surface area contributed by atoms with Gasteiger partial charge in [-0.15, -0.1) is 0 Å². The van der Waals surface area contributed by atoms with Crippen LogP contribution in [0.4, 0.5) is 0 Å². The lowest BCUT2D eigenvalue weighted by Crippen LogP contribution is -2.41. The van der Waals surface area contributed by atoms with Gasteiger partial charge in [0.2, 0.25) is 0 Å². The van der Waals surface area contributed by atoms with Crippen molar-refractivity contribution in [3.8, 4) is 22.3 Å². The maximum atomic E-state index is 6.75. The topological polar surface area (TPSA) is 36.9 Å². The quantitative estimate of drug-likeness (QED) is 0.0746. The molecule has 2 saturated heterocycles. The van der Waals surface area contributed by atoms with E-state index in [-0.39, 0.29) is 47.5 Å². The standard InChI is InChI=1S/C56H84B2O4/c1-13-17-21-25-33-55(34-26-22-18-14-2)47-37-41(57-59-51(5,6)52(7,8)60-57)29-31-43(47)45-40-50-46(39-49(45)55)44-32-30-42(58-61-53(9,10)54(11,12)62-58)38-48(44)56(50,35-27-23-19-15-3)36-28-24-20-16-4/h29-32,37-40H,13-28,33-36H2,1-12H3. The fourth-order valence-corrected chi connectivity index (χ4v) is 11.5. The second kappa shape index (κ2) is 18.9. The van der Waals surface area contributed by atoms with Gasteiger partial charge in [-0.1, -0.05) is 167 Å². The summed E-state index contributed by atoms with van der Waals surface area (Å²) in [6.07, 6.45) is 25.0. The molecule has 0 amide bonds. The van der Waals surface area contributed by atoms with Crippen molar-refractivity contribution in [1.29, 1.82) is 0 Å². The first-order valence-electron chi connectivity index (χ1n) is 25.7. The van der Waals surface area contributed by atoms with Gasteiger partial charge in [0.25, 0.3) is 0 Å². The maximum absolute atomic E-state index is 6.75. The Morgan fingerprint density at radius 2 is 0.613 bits per heavy atom. The van der Waals surface area contributed by atoms with E-state index in [1.54, 1.807) is 11.1 Å². The minimum atomic E-state index is -0.384. The zero-order chi connectivity index (χ0) is 44.6. The van der Waals surface area contributed by atoms with E-state index < -0.39 is 0 Å². The first-order chi connectivity index (χ1) is 29.5. The third-order valence-electron chi connectivity index (χ3n) is 16.8. The molecular formula is C56H84B2O4. The van der Waals surface area contributed by atoms with Crippen LogP contribution in [0.1, 0.15) is 234 Å². The molecule has 6 heteroatoms. The predicted molar refractivity (Wildman–Crippen MR) is 265 cm³/mol. The molecule has 0 radical (unpaired) electrons. The first-order valence-corrected chi connectivity index (χ1v) is 25.7. The Hall–Kier alpha value is -2.37. The number of hydrogen-bond donors (Lipinski definition) is 0. The van der Waals surface area contributed by atoms with Crippen LogP contribution in [-0.2, 0) is 29.4 Å². The predicted octanol–water partition coefficient (Wildman–Crippen LogP) is 14.7. The fraction of sp³-hybridized carbons (Fsp3) is 0.679. The molecule has 2 heterocycles. The molecule has 0 atom stereocenters. The summed E-state index contributed by atoms with van der Waals surface area (Å²) in [6.45, 7) is 26.8. The van der Waals surface area contributed by atoms with E-state index in [2.05, 4.69) is 132 Å². The summed E-state index contributed by atoms with van der Waals surface area (Å²) in [5.74, 6) is 0. The molecular weight excluding hydrogens is 758 g/mol. The molecule has 338 valence electrons. The van der Waals surface area contributed by atoms with Crippen LogP contribution in [0.2, 0.25) is 0 Å². The summed E-state index contributed by atoms with van der Waals surface area (Å²) in [7, 11) is -0.748. The van der Waals surface area contributed by atoms with Crippen LogP contribution in [0.25, 0.3) is 22.3 Å². The Kier molecular flexibility index (Phi) is 14.5. The summed E-state index contributed by atoms with van der Waals surface area (Å²) in [4.78, 5) is 0. The van der Waals surface area contributed by atoms with Crippen molar-refractivity contribution < 1.29 is 18.6 Å². The Bertz CT molecular complexity index is 1810. The molecule has 2 aliphatic carbocycles. The molecule has 3 aromatic rings. The van der Waals surface area contributed by atoms with Crippen molar-refractivity contribution in [3.05, 3.63) is 70.8 Å². The van der Waals surface area contributed by atoms with Crippen molar-refractivity contribution >= 4 is 25.2 Å². The van der Waals surface area contributed by atoms with Crippen LogP contribution < -0.4 is 10.9 Å². The Morgan fingerprint density at radius 3 is 0.887 bits per heavy atom. The molecule has 62 heavy (non-hydrogen) atoms. The Morgan fingerprint density at radius 1 is 0.339 bits per heavy atom. The summed E-state index contributed by atoms with van der Waals surface area (Å²) in [5, 5.41) is 0. The zero-order valence-electron chi connectivity index (χ0n) is 41.5. The second-order valence-corrected chi connectivity index (χ2v) is 22.1. The highest BCUT2D eigenvalue weighted by molar-refractivity contribution is 6.62. The lowest BCUT2D eigenvalue weighted by molar-refractivity contribution is 0.00578. The van der Waals surface area contributed by atoms with Gasteiger partial charge in [-0.2, -0.15) is 0 Å². The summed E-state index contributed by atoms with van der Waals surface area (Å²) >= 11 is 0. The van der Waals surface area contributed by atoms with E-state index in [1.807, 2.05) is 0 Å². The molecule has 0 unspecified atom stereocenters. The lowest BCUT2D eigenvalue weighted by Gasteiger charge is -2.35. The highest BCUT2D eigenvalue weighted by Crippen LogP contribution is 2.61. The number of rotatable bonds is 22. The summed E-state index contributed by atoms with van der Waals surface area (Å²) in [6, 6.07) is 20.1. The van der Waals surface area contributed by atoms with Gasteiger partial charge in [-0.3, -0.25) is 0 Å². The highest BCUT2D eigenvalue weighted by Gasteiger charge is 2.55. The van der Waals surface area contributed by atoms with Gasteiger partial charge >= 0.3 is 14.2 Å². The van der Waals surface area contributed by atoms with Gasteiger partial charge in [-0.05, 0) is 149 Å². The normalized spacial score (nSPS) is 20.4. The fourth-order valence-electron chi connectivity index (χ4n) is 11.5. The van der Waals surface area contributed by atoms with Gasteiger partial charge in [-0.25, -0.2) is 0 Å². The van der Waals surface area contributed by atoms with Crippen LogP contribution >= 0.6 is 0 Å². The van der Waals surface area contributed by atoms with Crippen molar-refractivity contribution in [3.63, 3.8) is 0 Å². The zero-order valence-corrected chi connectivity index (χ0v) is 41.5. The van der Waals surface area contributed by atoms with Crippen molar-refractivity contribution in [2.24, 2.45) is 0 Å². The minimum absolute atomic E-state index is 0.0584. The molecule has 0 spiro atoms. The van der Waals surface area contributed by atoms with Crippen LogP contribution in [0.3, 0.4) is 0 Å². The molecule has 4 aliphatic rings. The van der Waals surface area contributed by atoms with E-state index in [9.17, 15) is 0 Å². The third kappa shape index (κ3) is 8.71. The summed E-state index contributed by atoms with van der Waals surface area (Å²) in [5.41, 5.74) is 12.7. The Balaban J connectivity index is 1.43. The van der Waals surface area contributed by atoms with E-state index in [1.165, 1.54) is 162 Å². The molecule has 2 aliphatic heterocycles. The van der Waals surface area contributed by atoms with Crippen LogP contribution in [0, 0.1) is 0 Å². The van der Waals surface area contributed by atoms with Gasteiger partial charge in [0.1, 0.15) is 0 Å². The molecule has 0 N–H and O–H groups in total. The van der Waals surface area contributed by atoms with Crippen molar-refractivity contribution in [1.82, 2.24) is 0 Å². The Labute approximate surface area is 380 Å². The lowest BCUT2D eigenvalue weighted by atomic mass is 9.67. The van der Waals surface area contributed by atoms with Crippen molar-refractivity contribution in [2.75, 3.05) is 0 Å². The van der Waals surface area contributed by atoms with E-state index >= 15 is 0 Å². The largest absolute Gasteiger partial charge is 0.494 e. The molecule has 4 nitrogen and oxygen atoms in total. The highest BCUT2D eigenvalue weighted by atomic mass is 16.7.